The number of hydrogen-bond donors (Lipinski definition) is 1. The molecule has 0 saturated carbocycles. The molecule has 1 unspecified atom stereocenters. The monoisotopic (exact) mass is 255 g/mol. The predicted octanol–water partition coefficient (Wildman–Crippen LogP) is 2.45. The number of halogens is 1. The Balaban J connectivity index is 2.25. The molecule has 0 aliphatic carbocycles. The third-order valence-corrected chi connectivity index (χ3v) is 3.51. The van der Waals surface area contributed by atoms with Gasteiger partial charge in [-0.15, -0.1) is 0 Å². The van der Waals surface area contributed by atoms with Crippen molar-refractivity contribution in [1.82, 2.24) is 0 Å². The van der Waals surface area contributed by atoms with Crippen LogP contribution in [0.5, 0.6) is 0 Å². The van der Waals surface area contributed by atoms with Gasteiger partial charge in [-0.3, -0.25) is 0 Å². The molecule has 1 heterocycles. The van der Waals surface area contributed by atoms with Crippen molar-refractivity contribution >= 4 is 17.3 Å². The number of ether oxygens (including phenoxy) is 1. The molecule has 3 nitrogen and oxygen atoms in total. The van der Waals surface area contributed by atoms with Crippen LogP contribution in [0.15, 0.2) is 18.2 Å². The van der Waals surface area contributed by atoms with E-state index in [4.69, 9.17) is 21.4 Å². The third-order valence-electron chi connectivity index (χ3n) is 3.20. The second-order valence-electron chi connectivity index (χ2n) is 4.27. The maximum absolute atomic E-state index is 9.07. The van der Waals surface area contributed by atoms with E-state index in [1.807, 2.05) is 18.2 Å². The summed E-state index contributed by atoms with van der Waals surface area (Å²) in [6, 6.07) is 6.13. The Morgan fingerprint density at radius 3 is 3.00 bits per heavy atom. The second kappa shape index (κ2) is 5.71. The van der Waals surface area contributed by atoms with E-state index in [1.54, 1.807) is 0 Å². The summed E-state index contributed by atoms with van der Waals surface area (Å²) in [5.41, 5.74) is 1.89. The SMILES string of the molecule is CCC1COCCN1c1ccc(CO)cc1Cl. The molecular weight excluding hydrogens is 238 g/mol. The Hall–Kier alpha value is -0.770. The highest BCUT2D eigenvalue weighted by Crippen LogP contribution is 2.30. The Labute approximate surface area is 107 Å². The summed E-state index contributed by atoms with van der Waals surface area (Å²) in [7, 11) is 0. The standard InChI is InChI=1S/C13H18ClNO2/c1-2-11-9-17-6-5-15(11)13-4-3-10(8-16)7-12(13)14/h3-4,7,11,16H,2,5-6,8-9H2,1H3. The lowest BCUT2D eigenvalue weighted by Crippen LogP contribution is -2.45. The van der Waals surface area contributed by atoms with Crippen molar-refractivity contribution in [3.8, 4) is 0 Å². The zero-order valence-corrected chi connectivity index (χ0v) is 10.8. The van der Waals surface area contributed by atoms with Crippen LogP contribution in [0.3, 0.4) is 0 Å². The van der Waals surface area contributed by atoms with Crippen LogP contribution >= 0.6 is 11.6 Å². The van der Waals surface area contributed by atoms with Crippen LogP contribution in [0.4, 0.5) is 5.69 Å². The number of hydrogen-bond acceptors (Lipinski definition) is 3. The topological polar surface area (TPSA) is 32.7 Å². The predicted molar refractivity (Wildman–Crippen MR) is 69.6 cm³/mol. The van der Waals surface area contributed by atoms with Gasteiger partial charge in [-0.2, -0.15) is 0 Å². The molecule has 94 valence electrons. The lowest BCUT2D eigenvalue weighted by molar-refractivity contribution is 0.0930. The van der Waals surface area contributed by atoms with Crippen molar-refractivity contribution in [2.45, 2.75) is 26.0 Å². The van der Waals surface area contributed by atoms with Crippen molar-refractivity contribution in [3.05, 3.63) is 28.8 Å². The maximum Gasteiger partial charge on any atom is 0.0682 e. The molecule has 0 radical (unpaired) electrons. The summed E-state index contributed by atoms with van der Waals surface area (Å²) >= 11 is 6.27. The fraction of sp³-hybridized carbons (Fsp3) is 0.538. The van der Waals surface area contributed by atoms with E-state index in [-0.39, 0.29) is 6.61 Å². The summed E-state index contributed by atoms with van der Waals surface area (Å²) in [5.74, 6) is 0. The molecule has 2 rings (SSSR count). The van der Waals surface area contributed by atoms with E-state index >= 15 is 0 Å². The quantitative estimate of drug-likeness (QED) is 0.901. The minimum absolute atomic E-state index is 0.0281. The van der Waals surface area contributed by atoms with E-state index in [1.165, 1.54) is 0 Å². The summed E-state index contributed by atoms with van der Waals surface area (Å²) in [6.45, 7) is 4.56. The molecule has 1 aliphatic heterocycles. The van der Waals surface area contributed by atoms with Gasteiger partial charge in [0.05, 0.1) is 36.6 Å². The summed E-state index contributed by atoms with van der Waals surface area (Å²) < 4.78 is 5.48. The summed E-state index contributed by atoms with van der Waals surface area (Å²) in [5, 5.41) is 9.77. The van der Waals surface area contributed by atoms with Crippen LogP contribution in [0.2, 0.25) is 5.02 Å². The van der Waals surface area contributed by atoms with Gasteiger partial charge in [-0.25, -0.2) is 0 Å². The molecule has 1 fully saturated rings. The molecule has 0 amide bonds. The Morgan fingerprint density at radius 2 is 2.35 bits per heavy atom. The van der Waals surface area contributed by atoms with Gasteiger partial charge in [-0.05, 0) is 24.1 Å². The minimum atomic E-state index is 0.0281. The molecule has 1 saturated heterocycles. The van der Waals surface area contributed by atoms with Gasteiger partial charge >= 0.3 is 0 Å². The van der Waals surface area contributed by atoms with Gasteiger partial charge in [-0.1, -0.05) is 24.6 Å². The van der Waals surface area contributed by atoms with Crippen LogP contribution in [-0.2, 0) is 11.3 Å². The average Bonchev–Trinajstić information content (AvgIpc) is 2.38. The van der Waals surface area contributed by atoms with Crippen LogP contribution in [0.25, 0.3) is 0 Å². The third kappa shape index (κ3) is 2.73. The first-order valence-corrected chi connectivity index (χ1v) is 6.37. The molecule has 1 N–H and O–H groups in total. The molecule has 17 heavy (non-hydrogen) atoms. The zero-order chi connectivity index (χ0) is 12.3. The Kier molecular flexibility index (Phi) is 4.26. The van der Waals surface area contributed by atoms with Gasteiger partial charge in [0, 0.05) is 6.54 Å². The largest absolute Gasteiger partial charge is 0.392 e. The number of aliphatic hydroxyl groups excluding tert-OH is 1. The van der Waals surface area contributed by atoms with E-state index in [2.05, 4.69) is 11.8 Å². The first-order valence-electron chi connectivity index (χ1n) is 6.00. The highest BCUT2D eigenvalue weighted by Gasteiger charge is 2.23. The average molecular weight is 256 g/mol. The number of nitrogens with zero attached hydrogens (tertiary/aromatic N) is 1. The van der Waals surface area contributed by atoms with Gasteiger partial charge in [0.15, 0.2) is 0 Å². The van der Waals surface area contributed by atoms with Crippen molar-refractivity contribution in [1.29, 1.82) is 0 Å². The number of rotatable bonds is 3. The summed E-state index contributed by atoms with van der Waals surface area (Å²) in [6.07, 6.45) is 1.04. The molecule has 1 atom stereocenters. The lowest BCUT2D eigenvalue weighted by atomic mass is 10.1. The lowest BCUT2D eigenvalue weighted by Gasteiger charge is -2.37. The van der Waals surface area contributed by atoms with Crippen LogP contribution in [0, 0.1) is 0 Å². The molecule has 4 heteroatoms. The number of benzene rings is 1. The van der Waals surface area contributed by atoms with Crippen molar-refractivity contribution in [2.75, 3.05) is 24.7 Å². The van der Waals surface area contributed by atoms with Gasteiger partial charge in [0.2, 0.25) is 0 Å². The maximum atomic E-state index is 9.07. The second-order valence-corrected chi connectivity index (χ2v) is 4.68. The van der Waals surface area contributed by atoms with Gasteiger partial charge < -0.3 is 14.7 Å². The highest BCUT2D eigenvalue weighted by atomic mass is 35.5. The molecular formula is C13H18ClNO2. The van der Waals surface area contributed by atoms with E-state index in [9.17, 15) is 0 Å². The van der Waals surface area contributed by atoms with E-state index in [0.717, 1.165) is 37.4 Å². The van der Waals surface area contributed by atoms with E-state index in [0.29, 0.717) is 11.1 Å². The van der Waals surface area contributed by atoms with Gasteiger partial charge in [0.1, 0.15) is 0 Å². The minimum Gasteiger partial charge on any atom is -0.392 e. The van der Waals surface area contributed by atoms with Gasteiger partial charge in [0.25, 0.3) is 0 Å². The van der Waals surface area contributed by atoms with Crippen molar-refractivity contribution in [3.63, 3.8) is 0 Å². The van der Waals surface area contributed by atoms with Crippen molar-refractivity contribution in [2.24, 2.45) is 0 Å². The number of anilines is 1. The fourth-order valence-corrected chi connectivity index (χ4v) is 2.50. The number of morpholine rings is 1. The fourth-order valence-electron chi connectivity index (χ4n) is 2.19. The molecule has 1 aromatic rings. The highest BCUT2D eigenvalue weighted by molar-refractivity contribution is 6.33. The Bertz CT molecular complexity index is 384. The van der Waals surface area contributed by atoms with Crippen LogP contribution in [-0.4, -0.2) is 30.9 Å². The first kappa shape index (κ1) is 12.7. The zero-order valence-electron chi connectivity index (χ0n) is 10.0. The Morgan fingerprint density at radius 1 is 1.53 bits per heavy atom. The van der Waals surface area contributed by atoms with Crippen LogP contribution < -0.4 is 4.90 Å². The van der Waals surface area contributed by atoms with E-state index < -0.39 is 0 Å². The number of aliphatic hydroxyl groups is 1. The van der Waals surface area contributed by atoms with Crippen LogP contribution in [0.1, 0.15) is 18.9 Å². The normalized spacial score (nSPS) is 20.6. The molecule has 0 spiro atoms. The molecule has 1 aliphatic rings. The summed E-state index contributed by atoms with van der Waals surface area (Å²) in [4.78, 5) is 2.30. The van der Waals surface area contributed by atoms with Crippen molar-refractivity contribution < 1.29 is 9.84 Å². The molecule has 0 aromatic heterocycles. The first-order chi connectivity index (χ1) is 8.26. The molecule has 1 aromatic carbocycles. The smallest absolute Gasteiger partial charge is 0.0682 e. The molecule has 0 bridgehead atoms.